The van der Waals surface area contributed by atoms with E-state index in [-0.39, 0.29) is 43.6 Å². The van der Waals surface area contributed by atoms with Crippen molar-refractivity contribution in [1.82, 2.24) is 30.5 Å². The van der Waals surface area contributed by atoms with Crippen molar-refractivity contribution in [2.75, 3.05) is 33.3 Å². The standard InChI is InChI=1S/C27H38N6O5/c1-3-16-38-27(37)28-15-9-14-22-25(35)31(21-12-7-8-13-21)18-23-32(22)24(34)19-30(2)33(23)26(36)29-17-20-10-5-4-6-11-20/h3-6,10-11,21-23H,1,7-9,12-19H2,2H3,(H,28,37)(H,29,36)/t22-,23-/m0/s1. The summed E-state index contributed by atoms with van der Waals surface area (Å²) in [4.78, 5) is 55.7. The highest BCUT2D eigenvalue weighted by molar-refractivity contribution is 5.91. The lowest BCUT2D eigenvalue weighted by atomic mass is 9.99. The van der Waals surface area contributed by atoms with Crippen LogP contribution >= 0.6 is 0 Å². The molecule has 11 heteroatoms. The number of likely N-dealkylation sites (N-methyl/N-ethyl adjacent to an activating group) is 1. The van der Waals surface area contributed by atoms with Crippen LogP contribution in [0.15, 0.2) is 43.0 Å². The molecule has 1 aromatic rings. The van der Waals surface area contributed by atoms with Crippen LogP contribution in [0.2, 0.25) is 0 Å². The number of hydrazine groups is 1. The molecule has 2 aliphatic heterocycles. The average molecular weight is 527 g/mol. The maximum absolute atomic E-state index is 13.7. The van der Waals surface area contributed by atoms with Crippen molar-refractivity contribution in [1.29, 1.82) is 0 Å². The third-order valence-corrected chi connectivity index (χ3v) is 7.40. The molecule has 5 amide bonds. The predicted octanol–water partition coefficient (Wildman–Crippen LogP) is 2.06. The van der Waals surface area contributed by atoms with Gasteiger partial charge in [-0.15, -0.1) is 0 Å². The van der Waals surface area contributed by atoms with Crippen LogP contribution in [0.5, 0.6) is 0 Å². The number of urea groups is 1. The SMILES string of the molecule is C=CCOC(=O)NCCC[C@H]1C(=O)N(C2CCCC2)C[C@H]2N1C(=O)CN(C)N2C(=O)NCc1ccccc1. The van der Waals surface area contributed by atoms with E-state index >= 15 is 0 Å². The molecule has 3 fully saturated rings. The number of hydrogen-bond acceptors (Lipinski definition) is 6. The second-order valence-electron chi connectivity index (χ2n) is 9.99. The maximum atomic E-state index is 13.7. The van der Waals surface area contributed by atoms with Crippen LogP contribution in [0.25, 0.3) is 0 Å². The fraction of sp³-hybridized carbons (Fsp3) is 0.556. The Balaban J connectivity index is 1.50. The predicted molar refractivity (Wildman–Crippen MR) is 140 cm³/mol. The third-order valence-electron chi connectivity index (χ3n) is 7.40. The van der Waals surface area contributed by atoms with E-state index in [2.05, 4.69) is 17.2 Å². The lowest BCUT2D eigenvalue weighted by Crippen LogP contribution is -2.76. The Morgan fingerprint density at radius 3 is 2.58 bits per heavy atom. The Morgan fingerprint density at radius 2 is 1.87 bits per heavy atom. The molecule has 38 heavy (non-hydrogen) atoms. The number of fused-ring (bicyclic) bond motifs is 1. The average Bonchev–Trinajstić information content (AvgIpc) is 3.45. The summed E-state index contributed by atoms with van der Waals surface area (Å²) in [5, 5.41) is 8.86. The number of carbonyl (C=O) groups is 4. The number of benzene rings is 1. The lowest BCUT2D eigenvalue weighted by molar-refractivity contribution is -0.189. The number of nitrogens with one attached hydrogen (secondary N) is 2. The highest BCUT2D eigenvalue weighted by Crippen LogP contribution is 2.32. The topological polar surface area (TPSA) is 115 Å². The summed E-state index contributed by atoms with van der Waals surface area (Å²) >= 11 is 0. The van der Waals surface area contributed by atoms with Crippen molar-refractivity contribution in [3.05, 3.63) is 48.6 Å². The van der Waals surface area contributed by atoms with E-state index in [1.54, 1.807) is 22.0 Å². The smallest absolute Gasteiger partial charge is 0.407 e. The Kier molecular flexibility index (Phi) is 9.22. The van der Waals surface area contributed by atoms with Crippen molar-refractivity contribution in [2.24, 2.45) is 0 Å². The van der Waals surface area contributed by atoms with Crippen molar-refractivity contribution >= 4 is 23.9 Å². The second-order valence-corrected chi connectivity index (χ2v) is 9.99. The minimum Gasteiger partial charge on any atom is -0.445 e. The van der Waals surface area contributed by atoms with Crippen LogP contribution in [0, 0.1) is 0 Å². The van der Waals surface area contributed by atoms with Crippen LogP contribution in [0.4, 0.5) is 9.59 Å². The molecule has 0 aromatic heterocycles. The molecule has 1 aliphatic carbocycles. The minimum atomic E-state index is -0.703. The first-order valence-electron chi connectivity index (χ1n) is 13.4. The molecule has 2 atom stereocenters. The number of carbonyl (C=O) groups excluding carboxylic acids is 4. The van der Waals surface area contributed by atoms with Crippen LogP contribution in [0.3, 0.4) is 0 Å². The molecule has 0 spiro atoms. The first-order valence-corrected chi connectivity index (χ1v) is 13.4. The van der Waals surface area contributed by atoms with Gasteiger partial charge in [-0.1, -0.05) is 55.8 Å². The first-order chi connectivity index (χ1) is 18.4. The summed E-state index contributed by atoms with van der Waals surface area (Å²) in [7, 11) is 1.72. The van der Waals surface area contributed by atoms with Crippen molar-refractivity contribution < 1.29 is 23.9 Å². The molecule has 0 bridgehead atoms. The summed E-state index contributed by atoms with van der Waals surface area (Å²) in [5.41, 5.74) is 0.969. The second kappa shape index (κ2) is 12.8. The molecule has 4 rings (SSSR count). The Hall–Kier alpha value is -3.60. The van der Waals surface area contributed by atoms with E-state index in [0.717, 1.165) is 31.2 Å². The number of nitrogens with zero attached hydrogens (tertiary/aromatic N) is 4. The van der Waals surface area contributed by atoms with E-state index in [0.29, 0.717) is 25.9 Å². The highest BCUT2D eigenvalue weighted by atomic mass is 16.5. The molecule has 2 heterocycles. The maximum Gasteiger partial charge on any atom is 0.407 e. The van der Waals surface area contributed by atoms with Gasteiger partial charge in [-0.2, -0.15) is 0 Å². The van der Waals surface area contributed by atoms with Gasteiger partial charge in [0.05, 0.1) is 13.1 Å². The Labute approximate surface area is 223 Å². The molecular formula is C27H38N6O5. The van der Waals surface area contributed by atoms with Crippen LogP contribution in [0.1, 0.15) is 44.1 Å². The number of ether oxygens (including phenoxy) is 1. The summed E-state index contributed by atoms with van der Waals surface area (Å²) < 4.78 is 4.93. The zero-order valence-corrected chi connectivity index (χ0v) is 22.0. The Bertz CT molecular complexity index is 1010. The van der Waals surface area contributed by atoms with Gasteiger partial charge in [-0.25, -0.2) is 19.6 Å². The normalized spacial score (nSPS) is 22.3. The summed E-state index contributed by atoms with van der Waals surface area (Å²) in [6.45, 7) is 4.56. The molecular weight excluding hydrogens is 488 g/mol. The molecule has 3 aliphatic rings. The molecule has 0 unspecified atom stereocenters. The summed E-state index contributed by atoms with van der Waals surface area (Å²) in [5.74, 6) is -0.266. The van der Waals surface area contributed by atoms with Gasteiger partial charge in [0.25, 0.3) is 0 Å². The summed E-state index contributed by atoms with van der Waals surface area (Å²) in [6.07, 6.45) is 5.14. The zero-order valence-electron chi connectivity index (χ0n) is 22.0. The van der Waals surface area contributed by atoms with Gasteiger partial charge in [0.1, 0.15) is 18.8 Å². The van der Waals surface area contributed by atoms with E-state index in [1.807, 2.05) is 35.2 Å². The van der Waals surface area contributed by atoms with Crippen molar-refractivity contribution in [2.45, 2.75) is 63.3 Å². The largest absolute Gasteiger partial charge is 0.445 e. The Morgan fingerprint density at radius 1 is 1.13 bits per heavy atom. The van der Waals surface area contributed by atoms with Gasteiger partial charge in [-0.05, 0) is 31.2 Å². The highest BCUT2D eigenvalue weighted by Gasteiger charge is 2.51. The van der Waals surface area contributed by atoms with Gasteiger partial charge < -0.3 is 25.2 Å². The molecule has 1 aromatic carbocycles. The van der Waals surface area contributed by atoms with Crippen LogP contribution in [-0.2, 0) is 20.9 Å². The molecule has 11 nitrogen and oxygen atoms in total. The molecule has 206 valence electrons. The number of alkyl carbamates (subject to hydrolysis) is 1. The van der Waals surface area contributed by atoms with Gasteiger partial charge in [-0.3, -0.25) is 9.59 Å². The van der Waals surface area contributed by atoms with E-state index in [9.17, 15) is 19.2 Å². The molecule has 1 saturated carbocycles. The van der Waals surface area contributed by atoms with Crippen molar-refractivity contribution in [3.63, 3.8) is 0 Å². The number of amides is 5. The number of hydrogen-bond donors (Lipinski definition) is 2. The van der Waals surface area contributed by atoms with Gasteiger partial charge >= 0.3 is 12.1 Å². The van der Waals surface area contributed by atoms with Gasteiger partial charge in [0.15, 0.2) is 0 Å². The molecule has 2 N–H and O–H groups in total. The molecule has 2 saturated heterocycles. The van der Waals surface area contributed by atoms with E-state index in [4.69, 9.17) is 4.74 Å². The summed E-state index contributed by atoms with van der Waals surface area (Å²) in [6, 6.07) is 8.72. The monoisotopic (exact) mass is 526 g/mol. The lowest BCUT2D eigenvalue weighted by Gasteiger charge is -2.55. The fourth-order valence-electron chi connectivity index (χ4n) is 5.61. The van der Waals surface area contributed by atoms with Gasteiger partial charge in [0, 0.05) is 26.2 Å². The van der Waals surface area contributed by atoms with Crippen LogP contribution < -0.4 is 10.6 Å². The number of rotatable bonds is 9. The van der Waals surface area contributed by atoms with Gasteiger partial charge in [0.2, 0.25) is 11.8 Å². The third kappa shape index (κ3) is 6.27. The van der Waals surface area contributed by atoms with Crippen LogP contribution in [-0.4, -0.2) is 95.3 Å². The first kappa shape index (κ1) is 27.4. The quantitative estimate of drug-likeness (QED) is 0.376. The number of piperazine rings is 1. The minimum absolute atomic E-state index is 0.00536. The zero-order chi connectivity index (χ0) is 27.1. The van der Waals surface area contributed by atoms with Crippen molar-refractivity contribution in [3.8, 4) is 0 Å². The fourth-order valence-corrected chi connectivity index (χ4v) is 5.61. The molecule has 0 radical (unpaired) electrons. The van der Waals surface area contributed by atoms with E-state index < -0.39 is 18.3 Å². The van der Waals surface area contributed by atoms with E-state index in [1.165, 1.54) is 6.08 Å².